The lowest BCUT2D eigenvalue weighted by molar-refractivity contribution is -0.146. The number of hydrogen-bond donors (Lipinski definition) is 0. The lowest BCUT2D eigenvalue weighted by Gasteiger charge is -2.24. The van der Waals surface area contributed by atoms with Gasteiger partial charge < -0.3 is 14.4 Å². The molecule has 24 heavy (non-hydrogen) atoms. The number of likely N-dealkylation sites (tertiary alicyclic amines) is 1. The average Bonchev–Trinajstić information content (AvgIpc) is 3.08. The Balaban J connectivity index is 2.08. The van der Waals surface area contributed by atoms with Crippen LogP contribution in [0.25, 0.3) is 0 Å². The van der Waals surface area contributed by atoms with Gasteiger partial charge in [-0.25, -0.2) is 4.79 Å². The van der Waals surface area contributed by atoms with Crippen molar-refractivity contribution in [1.82, 2.24) is 4.90 Å². The zero-order valence-electron chi connectivity index (χ0n) is 14.4. The second kappa shape index (κ2) is 9.11. The van der Waals surface area contributed by atoms with E-state index in [1.165, 1.54) is 0 Å². The normalized spacial score (nSPS) is 17.2. The number of amides is 1. The second-order valence-corrected chi connectivity index (χ2v) is 5.60. The lowest BCUT2D eigenvalue weighted by atomic mass is 10.1. The Kier molecular flexibility index (Phi) is 6.85. The maximum atomic E-state index is 12.9. The number of allylic oxidation sites excluding steroid dienone is 1. The number of benzene rings is 1. The van der Waals surface area contributed by atoms with Crippen molar-refractivity contribution >= 4 is 11.9 Å². The smallest absolute Gasteiger partial charge is 0.329 e. The van der Waals surface area contributed by atoms with Gasteiger partial charge in [-0.05, 0) is 38.3 Å². The maximum Gasteiger partial charge on any atom is 0.329 e. The first-order valence-electron chi connectivity index (χ1n) is 8.53. The molecule has 1 heterocycles. The van der Waals surface area contributed by atoms with Gasteiger partial charge in [0.05, 0.1) is 12.2 Å². The van der Waals surface area contributed by atoms with Crippen LogP contribution in [0.2, 0.25) is 0 Å². The van der Waals surface area contributed by atoms with Crippen LogP contribution in [0.15, 0.2) is 36.4 Å². The molecule has 5 heteroatoms. The molecular weight excluding hydrogens is 306 g/mol. The largest absolute Gasteiger partial charge is 0.493 e. The minimum atomic E-state index is -0.512. The van der Waals surface area contributed by atoms with Crippen LogP contribution in [0.1, 0.15) is 43.5 Å². The van der Waals surface area contributed by atoms with E-state index in [0.29, 0.717) is 30.9 Å². The van der Waals surface area contributed by atoms with Crippen LogP contribution in [-0.4, -0.2) is 42.6 Å². The number of ether oxygens (including phenoxy) is 2. The number of esters is 1. The Bertz CT molecular complexity index is 597. The summed E-state index contributed by atoms with van der Waals surface area (Å²) in [5, 5.41) is 0. The van der Waals surface area contributed by atoms with Crippen molar-refractivity contribution in [3.63, 3.8) is 0 Å². The molecule has 1 saturated heterocycles. The van der Waals surface area contributed by atoms with E-state index in [4.69, 9.17) is 9.47 Å². The lowest BCUT2D eigenvalue weighted by Crippen LogP contribution is -2.41. The molecule has 0 N–H and O–H groups in total. The Hall–Kier alpha value is -2.30. The minimum Gasteiger partial charge on any atom is -0.493 e. The number of carbonyl (C=O) groups is 2. The van der Waals surface area contributed by atoms with Gasteiger partial charge in [-0.2, -0.15) is 0 Å². The molecule has 0 aromatic heterocycles. The van der Waals surface area contributed by atoms with Gasteiger partial charge in [0.1, 0.15) is 18.4 Å². The Morgan fingerprint density at radius 1 is 1.25 bits per heavy atom. The fourth-order valence-electron chi connectivity index (χ4n) is 2.80. The second-order valence-electron chi connectivity index (χ2n) is 5.60. The van der Waals surface area contributed by atoms with E-state index in [-0.39, 0.29) is 18.5 Å². The van der Waals surface area contributed by atoms with Crippen LogP contribution in [0, 0.1) is 0 Å². The summed E-state index contributed by atoms with van der Waals surface area (Å²) in [6.45, 7) is 5.19. The predicted octanol–water partition coefficient (Wildman–Crippen LogP) is 3.20. The van der Waals surface area contributed by atoms with Crippen molar-refractivity contribution in [1.29, 1.82) is 0 Å². The highest BCUT2D eigenvalue weighted by atomic mass is 16.5. The summed E-state index contributed by atoms with van der Waals surface area (Å²) in [6, 6.07) is 6.63. The first-order chi connectivity index (χ1) is 11.7. The van der Waals surface area contributed by atoms with Crippen molar-refractivity contribution in [2.75, 3.05) is 19.8 Å². The number of carbonyl (C=O) groups excluding carboxylic acids is 2. The van der Waals surface area contributed by atoms with Crippen LogP contribution in [0.4, 0.5) is 0 Å². The summed E-state index contributed by atoms with van der Waals surface area (Å²) in [5.74, 6) is 0.0352. The van der Waals surface area contributed by atoms with Crippen molar-refractivity contribution in [2.24, 2.45) is 0 Å². The van der Waals surface area contributed by atoms with Crippen molar-refractivity contribution in [3.05, 3.63) is 42.0 Å². The number of hydrogen-bond acceptors (Lipinski definition) is 4. The molecule has 0 radical (unpaired) electrons. The third-order valence-electron chi connectivity index (χ3n) is 3.93. The summed E-state index contributed by atoms with van der Waals surface area (Å²) in [5.41, 5.74) is 0.491. The molecular formula is C19H25NO4. The number of rotatable bonds is 7. The third kappa shape index (κ3) is 4.37. The molecule has 5 nitrogen and oxygen atoms in total. The average molecular weight is 331 g/mol. The van der Waals surface area contributed by atoms with Crippen molar-refractivity contribution in [2.45, 2.75) is 39.2 Å². The van der Waals surface area contributed by atoms with Gasteiger partial charge in [-0.1, -0.05) is 31.2 Å². The summed E-state index contributed by atoms with van der Waals surface area (Å²) in [4.78, 5) is 26.7. The van der Waals surface area contributed by atoms with Crippen molar-refractivity contribution < 1.29 is 19.1 Å². The molecule has 1 unspecified atom stereocenters. The summed E-state index contributed by atoms with van der Waals surface area (Å²) in [6.07, 6.45) is 6.11. The van der Waals surface area contributed by atoms with Crippen LogP contribution in [0.5, 0.6) is 5.75 Å². The molecule has 0 saturated carbocycles. The Morgan fingerprint density at radius 2 is 2.04 bits per heavy atom. The van der Waals surface area contributed by atoms with E-state index >= 15 is 0 Å². The van der Waals surface area contributed by atoms with Gasteiger partial charge in [0, 0.05) is 6.54 Å². The monoisotopic (exact) mass is 331 g/mol. The van der Waals surface area contributed by atoms with Crippen LogP contribution in [-0.2, 0) is 9.53 Å². The van der Waals surface area contributed by atoms with Crippen LogP contribution in [0.3, 0.4) is 0 Å². The quantitative estimate of drug-likeness (QED) is 0.569. The molecule has 1 aliphatic rings. The third-order valence-corrected chi connectivity index (χ3v) is 3.93. The van der Waals surface area contributed by atoms with Crippen LogP contribution >= 0.6 is 0 Å². The van der Waals surface area contributed by atoms with Crippen molar-refractivity contribution in [3.8, 4) is 5.75 Å². The zero-order valence-corrected chi connectivity index (χ0v) is 14.4. The first-order valence-corrected chi connectivity index (χ1v) is 8.53. The molecule has 0 bridgehead atoms. The molecule has 0 aliphatic carbocycles. The molecule has 130 valence electrons. The SMILES string of the molecule is CCC=CCOC(=O)C1CCCN1C(=O)c1ccccc1OCC. The molecule has 1 aliphatic heterocycles. The highest BCUT2D eigenvalue weighted by Gasteiger charge is 2.36. The molecule has 1 amide bonds. The van der Waals surface area contributed by atoms with E-state index in [2.05, 4.69) is 0 Å². The van der Waals surface area contributed by atoms with E-state index < -0.39 is 6.04 Å². The van der Waals surface area contributed by atoms with Crippen LogP contribution < -0.4 is 4.74 Å². The van der Waals surface area contributed by atoms with Gasteiger partial charge in [0.2, 0.25) is 0 Å². The number of para-hydroxylation sites is 1. The maximum absolute atomic E-state index is 12.9. The summed E-state index contributed by atoms with van der Waals surface area (Å²) < 4.78 is 10.8. The molecule has 1 fully saturated rings. The van der Waals surface area contributed by atoms with Gasteiger partial charge >= 0.3 is 5.97 Å². The van der Waals surface area contributed by atoms with E-state index in [0.717, 1.165) is 12.8 Å². The highest BCUT2D eigenvalue weighted by molar-refractivity contribution is 5.99. The standard InChI is InChI=1S/C19H25NO4/c1-3-5-8-14-24-19(22)16-11-9-13-20(16)18(21)15-10-6-7-12-17(15)23-4-2/h5-8,10,12,16H,3-4,9,11,13-14H2,1-2H3. The van der Waals surface area contributed by atoms with Gasteiger partial charge in [-0.15, -0.1) is 0 Å². The van der Waals surface area contributed by atoms with Gasteiger partial charge in [0.15, 0.2) is 0 Å². The molecule has 1 atom stereocenters. The number of nitrogens with zero attached hydrogens (tertiary/aromatic N) is 1. The summed E-state index contributed by atoms with van der Waals surface area (Å²) in [7, 11) is 0. The van der Waals surface area contributed by atoms with E-state index in [1.54, 1.807) is 23.1 Å². The predicted molar refractivity (Wildman–Crippen MR) is 92.1 cm³/mol. The molecule has 2 rings (SSSR count). The van der Waals surface area contributed by atoms with Gasteiger partial charge in [-0.3, -0.25) is 4.79 Å². The highest BCUT2D eigenvalue weighted by Crippen LogP contribution is 2.25. The Morgan fingerprint density at radius 3 is 2.79 bits per heavy atom. The molecule has 1 aromatic rings. The van der Waals surface area contributed by atoms with E-state index in [1.807, 2.05) is 32.1 Å². The van der Waals surface area contributed by atoms with Gasteiger partial charge in [0.25, 0.3) is 5.91 Å². The minimum absolute atomic E-state index is 0.178. The van der Waals surface area contributed by atoms with E-state index in [9.17, 15) is 9.59 Å². The zero-order chi connectivity index (χ0) is 17.4. The molecule has 1 aromatic carbocycles. The fourth-order valence-corrected chi connectivity index (χ4v) is 2.80. The fraction of sp³-hybridized carbons (Fsp3) is 0.474. The topological polar surface area (TPSA) is 55.8 Å². The summed E-state index contributed by atoms with van der Waals surface area (Å²) >= 11 is 0. The molecule has 0 spiro atoms. The first kappa shape index (κ1) is 18.0. The Labute approximate surface area is 143 Å².